The monoisotopic (exact) mass is 353 g/mol. The number of rotatable bonds is 6. The number of ether oxygens (including phenoxy) is 1. The molecule has 0 saturated heterocycles. The third-order valence-electron chi connectivity index (χ3n) is 3.64. The van der Waals surface area contributed by atoms with Crippen molar-refractivity contribution in [2.45, 2.75) is 37.8 Å². The van der Waals surface area contributed by atoms with Gasteiger partial charge in [-0.1, -0.05) is 26.0 Å². The zero-order chi connectivity index (χ0) is 17.9. The third kappa shape index (κ3) is 3.93. The Bertz CT molecular complexity index is 743. The van der Waals surface area contributed by atoms with Gasteiger partial charge in [0.05, 0.1) is 11.5 Å². The maximum Gasteiger partial charge on any atom is 0.263 e. The van der Waals surface area contributed by atoms with Crippen molar-refractivity contribution in [3.63, 3.8) is 0 Å². The van der Waals surface area contributed by atoms with E-state index in [0.29, 0.717) is 12.2 Å². The van der Waals surface area contributed by atoms with E-state index < -0.39 is 16.1 Å². The third-order valence-corrected chi connectivity index (χ3v) is 5.03. The molecule has 1 unspecified atom stereocenters. The molecule has 1 heterocycles. The molecule has 0 saturated carbocycles. The van der Waals surface area contributed by atoms with E-state index in [1.54, 1.807) is 25.3 Å². The lowest BCUT2D eigenvalue weighted by atomic mass is 10.0. The molecule has 0 fully saturated rings. The van der Waals surface area contributed by atoms with Gasteiger partial charge in [-0.3, -0.25) is 14.5 Å². The number of fused-ring (bicyclic) bond motifs is 1. The molecule has 24 heavy (non-hydrogen) atoms. The van der Waals surface area contributed by atoms with Crippen molar-refractivity contribution in [3.8, 4) is 0 Å². The Kier molecular flexibility index (Phi) is 5.61. The Hall–Kier alpha value is -1.93. The standard InChI is InChI=1S/C16H23N3O4S/c1-10(2)14(16(20)17-11(3)9-23-4)18-15-12-7-5-6-8-13(12)24(21,22)19-15/h5-8,10-11,14H,9H2,1-4H3,(H,17,20)(H,18,19)/t11?,14-/m0/s1. The van der Waals surface area contributed by atoms with Crippen molar-refractivity contribution < 1.29 is 17.9 Å². The minimum absolute atomic E-state index is 0.0930. The molecule has 1 aliphatic rings. The van der Waals surface area contributed by atoms with Crippen LogP contribution in [0.2, 0.25) is 0 Å². The van der Waals surface area contributed by atoms with Gasteiger partial charge >= 0.3 is 0 Å². The van der Waals surface area contributed by atoms with Gasteiger partial charge in [0.2, 0.25) is 5.91 Å². The molecule has 0 aliphatic carbocycles. The number of nitrogens with one attached hydrogen (secondary N) is 2. The van der Waals surface area contributed by atoms with Gasteiger partial charge in [0.25, 0.3) is 10.0 Å². The summed E-state index contributed by atoms with van der Waals surface area (Å²) >= 11 is 0. The van der Waals surface area contributed by atoms with E-state index in [1.807, 2.05) is 20.8 Å². The van der Waals surface area contributed by atoms with Crippen LogP contribution in [0.25, 0.3) is 0 Å². The topological polar surface area (TPSA) is 96.9 Å². The molecule has 1 aromatic rings. The van der Waals surface area contributed by atoms with Gasteiger partial charge in [-0.25, -0.2) is 8.42 Å². The minimum Gasteiger partial charge on any atom is -0.383 e. The lowest BCUT2D eigenvalue weighted by Gasteiger charge is -2.20. The number of carbonyl (C=O) groups is 1. The largest absolute Gasteiger partial charge is 0.383 e. The maximum absolute atomic E-state index is 12.5. The number of amides is 1. The second-order valence-electron chi connectivity index (χ2n) is 6.13. The second kappa shape index (κ2) is 7.31. The molecule has 0 spiro atoms. The van der Waals surface area contributed by atoms with Crippen LogP contribution < -0.4 is 10.0 Å². The molecule has 132 valence electrons. The van der Waals surface area contributed by atoms with Gasteiger partial charge in [0.15, 0.2) is 0 Å². The Labute approximate surface area is 142 Å². The van der Waals surface area contributed by atoms with Crippen LogP contribution in [0.15, 0.2) is 34.2 Å². The first-order valence-electron chi connectivity index (χ1n) is 7.75. The van der Waals surface area contributed by atoms with Crippen molar-refractivity contribution in [2.75, 3.05) is 13.7 Å². The molecule has 0 bridgehead atoms. The predicted octanol–water partition coefficient (Wildman–Crippen LogP) is 0.901. The highest BCUT2D eigenvalue weighted by molar-refractivity contribution is 7.90. The molecule has 7 nitrogen and oxygen atoms in total. The Balaban J connectivity index is 2.31. The number of hydrogen-bond donors (Lipinski definition) is 2. The number of methoxy groups -OCH3 is 1. The molecule has 2 atom stereocenters. The number of carbonyl (C=O) groups excluding carboxylic acids is 1. The fourth-order valence-corrected chi connectivity index (χ4v) is 3.74. The number of nitrogens with zero attached hydrogens (tertiary/aromatic N) is 1. The Morgan fingerprint density at radius 2 is 1.96 bits per heavy atom. The second-order valence-corrected chi connectivity index (χ2v) is 7.78. The van der Waals surface area contributed by atoms with Crippen molar-refractivity contribution in [2.24, 2.45) is 10.9 Å². The van der Waals surface area contributed by atoms with Crippen molar-refractivity contribution in [1.29, 1.82) is 0 Å². The van der Waals surface area contributed by atoms with E-state index >= 15 is 0 Å². The smallest absolute Gasteiger partial charge is 0.263 e. The van der Waals surface area contributed by atoms with Crippen LogP contribution in [0, 0.1) is 5.92 Å². The van der Waals surface area contributed by atoms with Crippen molar-refractivity contribution in [1.82, 2.24) is 10.0 Å². The lowest BCUT2D eigenvalue weighted by Crippen LogP contribution is -2.44. The molecule has 0 radical (unpaired) electrons. The Morgan fingerprint density at radius 3 is 2.58 bits per heavy atom. The first-order chi connectivity index (χ1) is 11.3. The highest BCUT2D eigenvalue weighted by Gasteiger charge is 2.32. The van der Waals surface area contributed by atoms with Crippen LogP contribution in [-0.2, 0) is 19.6 Å². The first kappa shape index (κ1) is 18.4. The molecular formula is C16H23N3O4S. The van der Waals surface area contributed by atoms with E-state index in [1.165, 1.54) is 6.07 Å². The molecule has 8 heteroatoms. The van der Waals surface area contributed by atoms with Crippen molar-refractivity contribution >= 4 is 21.8 Å². The quantitative estimate of drug-likeness (QED) is 0.794. The summed E-state index contributed by atoms with van der Waals surface area (Å²) in [6.07, 6.45) is 0. The van der Waals surface area contributed by atoms with E-state index in [9.17, 15) is 13.2 Å². The van der Waals surface area contributed by atoms with Crippen LogP contribution in [-0.4, -0.2) is 46.0 Å². The maximum atomic E-state index is 12.5. The number of amidine groups is 1. The summed E-state index contributed by atoms with van der Waals surface area (Å²) in [5, 5.41) is 2.83. The fourth-order valence-electron chi connectivity index (χ4n) is 2.50. The van der Waals surface area contributed by atoms with Crippen molar-refractivity contribution in [3.05, 3.63) is 29.8 Å². The normalized spacial score (nSPS) is 19.6. The van der Waals surface area contributed by atoms with Gasteiger partial charge in [-0.05, 0) is 25.0 Å². The van der Waals surface area contributed by atoms with Gasteiger partial charge in [0.1, 0.15) is 11.9 Å². The molecule has 2 rings (SSSR count). The average molecular weight is 353 g/mol. The zero-order valence-electron chi connectivity index (χ0n) is 14.2. The highest BCUT2D eigenvalue weighted by atomic mass is 32.2. The number of hydrogen-bond acceptors (Lipinski definition) is 5. The van der Waals surface area contributed by atoms with Gasteiger partial charge in [0, 0.05) is 18.7 Å². The summed E-state index contributed by atoms with van der Waals surface area (Å²) in [7, 11) is -2.05. The summed E-state index contributed by atoms with van der Waals surface area (Å²) in [4.78, 5) is 17.1. The van der Waals surface area contributed by atoms with E-state index in [0.717, 1.165) is 0 Å². The van der Waals surface area contributed by atoms with Gasteiger partial charge in [-0.2, -0.15) is 0 Å². The Morgan fingerprint density at radius 1 is 1.29 bits per heavy atom. The van der Waals surface area contributed by atoms with Crippen LogP contribution in [0.1, 0.15) is 26.3 Å². The van der Waals surface area contributed by atoms with Crippen LogP contribution in [0.5, 0.6) is 0 Å². The van der Waals surface area contributed by atoms with E-state index in [4.69, 9.17) is 4.74 Å². The number of aliphatic imine (C=N–C) groups is 1. The summed E-state index contributed by atoms with van der Waals surface area (Å²) < 4.78 is 31.7. The van der Waals surface area contributed by atoms with Crippen LogP contribution in [0.3, 0.4) is 0 Å². The molecular weight excluding hydrogens is 330 g/mol. The molecule has 1 aliphatic heterocycles. The molecule has 0 aromatic heterocycles. The van der Waals surface area contributed by atoms with Gasteiger partial charge < -0.3 is 10.1 Å². The van der Waals surface area contributed by atoms with E-state index in [2.05, 4.69) is 15.0 Å². The van der Waals surface area contributed by atoms with Crippen LogP contribution in [0.4, 0.5) is 0 Å². The first-order valence-corrected chi connectivity index (χ1v) is 9.24. The summed E-state index contributed by atoms with van der Waals surface area (Å²) in [6.45, 7) is 5.96. The zero-order valence-corrected chi connectivity index (χ0v) is 15.1. The summed E-state index contributed by atoms with van der Waals surface area (Å²) in [6, 6.07) is 5.73. The lowest BCUT2D eigenvalue weighted by molar-refractivity contribution is -0.124. The summed E-state index contributed by atoms with van der Waals surface area (Å²) in [5.74, 6) is -0.144. The fraction of sp³-hybridized carbons (Fsp3) is 0.500. The highest BCUT2D eigenvalue weighted by Crippen LogP contribution is 2.23. The average Bonchev–Trinajstić information content (AvgIpc) is 2.76. The number of benzene rings is 1. The minimum atomic E-state index is -3.62. The molecule has 1 amide bonds. The van der Waals surface area contributed by atoms with E-state index in [-0.39, 0.29) is 28.6 Å². The SMILES string of the molecule is COCC(C)NC(=O)[C@@H](N=C1NS(=O)(=O)c2ccccc21)C(C)C. The van der Waals surface area contributed by atoms with Gasteiger partial charge in [-0.15, -0.1) is 0 Å². The summed E-state index contributed by atoms with van der Waals surface area (Å²) in [5.41, 5.74) is 0.487. The van der Waals surface area contributed by atoms with Crippen LogP contribution >= 0.6 is 0 Å². The molecule has 1 aromatic carbocycles. The predicted molar refractivity (Wildman–Crippen MR) is 91.4 cm³/mol. The number of sulfonamides is 1. The molecule has 2 N–H and O–H groups in total.